The monoisotopic (exact) mass is 665 g/mol. The highest BCUT2D eigenvalue weighted by Crippen LogP contribution is 2.52. The number of carboxylic acid groups (broad SMARTS) is 1. The van der Waals surface area contributed by atoms with E-state index in [4.69, 9.17) is 25.8 Å². The number of anilines is 1. The van der Waals surface area contributed by atoms with Crippen molar-refractivity contribution < 1.29 is 55.2 Å². The van der Waals surface area contributed by atoms with Gasteiger partial charge in [-0.1, -0.05) is 48.0 Å². The number of nitrogens with one attached hydrogen (secondary N) is 1. The molecule has 2 atom stereocenters. The fourth-order valence-electron chi connectivity index (χ4n) is 5.39. The zero-order valence-corrected chi connectivity index (χ0v) is 24.9. The number of ketones is 1. The van der Waals surface area contributed by atoms with E-state index < -0.39 is 54.7 Å². The van der Waals surface area contributed by atoms with Gasteiger partial charge in [0.2, 0.25) is 15.6 Å². The van der Waals surface area contributed by atoms with Crippen LogP contribution in [0.3, 0.4) is 0 Å². The van der Waals surface area contributed by atoms with Crippen molar-refractivity contribution in [3.8, 4) is 17.2 Å². The first kappa shape index (κ1) is 31.7. The Morgan fingerprint density at radius 3 is 2.38 bits per heavy atom. The molecule has 45 heavy (non-hydrogen) atoms. The highest BCUT2D eigenvalue weighted by Gasteiger charge is 2.59. The third-order valence-electron chi connectivity index (χ3n) is 7.25. The molecular formula is C30H23ClF3NO9S. The lowest BCUT2D eigenvalue weighted by molar-refractivity contribution is -0.275. The lowest BCUT2D eigenvalue weighted by atomic mass is 9.80. The molecule has 236 valence electrons. The summed E-state index contributed by atoms with van der Waals surface area (Å²) in [6, 6.07) is 15.4. The molecule has 1 heterocycles. The fraction of sp³-hybridized carbons (Fsp3) is 0.200. The number of carbonyl (C=O) groups excluding carboxylic acids is 1. The molecule has 0 bridgehead atoms. The topological polar surface area (TPSA) is 137 Å². The highest BCUT2D eigenvalue weighted by molar-refractivity contribution is 7.93. The number of allylic oxidation sites excluding steroid dienone is 1. The van der Waals surface area contributed by atoms with Crippen molar-refractivity contribution in [2.45, 2.75) is 22.1 Å². The molecule has 2 unspecified atom stereocenters. The molecule has 0 saturated heterocycles. The zero-order chi connectivity index (χ0) is 32.7. The second-order valence-electron chi connectivity index (χ2n) is 9.73. The smallest absolute Gasteiger partial charge is 0.497 e. The summed E-state index contributed by atoms with van der Waals surface area (Å²) in [6.45, 7) is 0.215. The van der Waals surface area contributed by atoms with Gasteiger partial charge in [0, 0.05) is 46.5 Å². The summed E-state index contributed by atoms with van der Waals surface area (Å²) in [7, 11) is -3.17. The molecule has 15 heteroatoms. The summed E-state index contributed by atoms with van der Waals surface area (Å²) in [5, 5.41) is 12.6. The third-order valence-corrected chi connectivity index (χ3v) is 9.66. The van der Waals surface area contributed by atoms with Crippen LogP contribution >= 0.6 is 11.6 Å². The highest BCUT2D eigenvalue weighted by atomic mass is 35.5. The Balaban J connectivity index is 1.83. The Labute approximate surface area is 259 Å². The molecule has 3 aromatic carbocycles. The van der Waals surface area contributed by atoms with E-state index in [0.717, 1.165) is 13.2 Å². The molecule has 1 aliphatic carbocycles. The fourth-order valence-corrected chi connectivity index (χ4v) is 7.58. The Morgan fingerprint density at radius 1 is 1.02 bits per heavy atom. The zero-order valence-electron chi connectivity index (χ0n) is 23.3. The average Bonchev–Trinajstić information content (AvgIpc) is 3.41. The maximum atomic E-state index is 14.7. The summed E-state index contributed by atoms with van der Waals surface area (Å²) < 4.78 is 88.3. The van der Waals surface area contributed by atoms with E-state index in [9.17, 15) is 36.3 Å². The lowest BCUT2D eigenvalue weighted by Gasteiger charge is -2.35. The normalized spacial score (nSPS) is 19.7. The van der Waals surface area contributed by atoms with Crippen LogP contribution in [0.15, 0.2) is 88.3 Å². The van der Waals surface area contributed by atoms with Crippen molar-refractivity contribution in [3.63, 3.8) is 0 Å². The van der Waals surface area contributed by atoms with Crippen LogP contribution < -0.4 is 19.5 Å². The largest absolute Gasteiger partial charge is 0.573 e. The second-order valence-corrected chi connectivity index (χ2v) is 12.2. The number of alkyl halides is 3. The van der Waals surface area contributed by atoms with Gasteiger partial charge in [-0.3, -0.25) is 4.79 Å². The standard InChI is InChI=1S/C30H23ClF3NO9S/c1-41-16-11-12-24(23(13-16)43-30(32,33)34)45(39,40)29(44-28(37)38)14-20(31)25(19-15-35-21-9-5-3-7-17(19)21)26(27(29)36)18-8-4-6-10-22(18)42-2/h3-14,19,35H,15H2,1-2H3,(H,37,38). The van der Waals surface area contributed by atoms with E-state index in [1.165, 1.54) is 25.3 Å². The Kier molecular flexibility index (Phi) is 8.23. The van der Waals surface area contributed by atoms with Crippen LogP contribution in [-0.4, -0.2) is 57.5 Å². The number of hydrogen-bond acceptors (Lipinski definition) is 9. The first-order valence-electron chi connectivity index (χ1n) is 13.0. The Bertz CT molecular complexity index is 1870. The molecule has 0 aromatic heterocycles. The van der Waals surface area contributed by atoms with Crippen molar-refractivity contribution in [1.82, 2.24) is 0 Å². The molecule has 3 aromatic rings. The number of ether oxygens (including phenoxy) is 4. The van der Waals surface area contributed by atoms with Crippen LogP contribution in [0.5, 0.6) is 17.2 Å². The molecule has 0 radical (unpaired) electrons. The minimum Gasteiger partial charge on any atom is -0.497 e. The predicted octanol–water partition coefficient (Wildman–Crippen LogP) is 6.14. The van der Waals surface area contributed by atoms with Gasteiger partial charge in [0.1, 0.15) is 16.4 Å². The van der Waals surface area contributed by atoms with Crippen LogP contribution in [0.4, 0.5) is 23.7 Å². The molecule has 0 saturated carbocycles. The Hall–Kier alpha value is -4.69. The van der Waals surface area contributed by atoms with Gasteiger partial charge >= 0.3 is 17.5 Å². The van der Waals surface area contributed by atoms with E-state index in [2.05, 4.69) is 10.1 Å². The number of carbonyl (C=O) groups is 2. The van der Waals surface area contributed by atoms with Crippen molar-refractivity contribution in [2.24, 2.45) is 0 Å². The summed E-state index contributed by atoms with van der Waals surface area (Å²) in [5.74, 6) is -3.52. The van der Waals surface area contributed by atoms with Crippen LogP contribution in [0.25, 0.3) is 5.57 Å². The van der Waals surface area contributed by atoms with Gasteiger partial charge in [-0.15, -0.1) is 13.2 Å². The molecular weight excluding hydrogens is 643 g/mol. The van der Waals surface area contributed by atoms with E-state index in [1.807, 2.05) is 0 Å². The maximum Gasteiger partial charge on any atom is 0.573 e. The van der Waals surface area contributed by atoms with Crippen LogP contribution in [0, 0.1) is 0 Å². The third kappa shape index (κ3) is 5.55. The van der Waals surface area contributed by atoms with Gasteiger partial charge in [0.25, 0.3) is 0 Å². The summed E-state index contributed by atoms with van der Waals surface area (Å²) in [6.07, 6.45) is -7.04. The van der Waals surface area contributed by atoms with Gasteiger partial charge in [-0.25, -0.2) is 13.2 Å². The molecule has 0 fully saturated rings. The SMILES string of the molecule is COc1ccc(S(=O)(=O)C2(OC(=O)O)C=C(Cl)C(C3CNc4ccccc43)=C(c3ccccc3OC)C2=O)c(OC(F)(F)F)c1. The summed E-state index contributed by atoms with van der Waals surface area (Å²) >= 11 is 6.80. The van der Waals surface area contributed by atoms with Gasteiger partial charge in [-0.2, -0.15) is 0 Å². The first-order valence-corrected chi connectivity index (χ1v) is 14.8. The number of halogens is 4. The molecule has 10 nitrogen and oxygen atoms in total. The van der Waals surface area contributed by atoms with Gasteiger partial charge in [-0.05, 0) is 35.4 Å². The number of hydrogen-bond donors (Lipinski definition) is 2. The average molecular weight is 666 g/mol. The van der Waals surface area contributed by atoms with E-state index in [-0.39, 0.29) is 34.8 Å². The van der Waals surface area contributed by atoms with Crippen molar-refractivity contribution in [3.05, 3.63) is 94.5 Å². The van der Waals surface area contributed by atoms with Gasteiger partial charge < -0.3 is 29.4 Å². The number of methoxy groups -OCH3 is 2. The number of para-hydroxylation sites is 2. The lowest BCUT2D eigenvalue weighted by Crippen LogP contribution is -2.51. The molecule has 2 aliphatic rings. The predicted molar refractivity (Wildman–Crippen MR) is 155 cm³/mol. The minimum absolute atomic E-state index is 0.0330. The Morgan fingerprint density at radius 2 is 1.71 bits per heavy atom. The van der Waals surface area contributed by atoms with Gasteiger partial charge in [0.05, 0.1) is 14.2 Å². The van der Waals surface area contributed by atoms with Crippen molar-refractivity contribution in [2.75, 3.05) is 26.1 Å². The summed E-state index contributed by atoms with van der Waals surface area (Å²) in [4.78, 5) is 22.1. The van der Waals surface area contributed by atoms with Crippen molar-refractivity contribution >= 4 is 44.6 Å². The molecule has 0 amide bonds. The molecule has 2 N–H and O–H groups in total. The number of Topliss-reactive ketones (excluding diaryl/α,β-unsaturated/α-hetero) is 1. The van der Waals surface area contributed by atoms with E-state index >= 15 is 0 Å². The molecule has 0 spiro atoms. The maximum absolute atomic E-state index is 14.7. The number of sulfone groups is 1. The number of benzene rings is 3. The van der Waals surface area contributed by atoms with Crippen LogP contribution in [0.2, 0.25) is 0 Å². The minimum atomic E-state index is -5.58. The van der Waals surface area contributed by atoms with E-state index in [0.29, 0.717) is 29.5 Å². The quantitative estimate of drug-likeness (QED) is 0.270. The van der Waals surface area contributed by atoms with E-state index in [1.54, 1.807) is 30.3 Å². The second kappa shape index (κ2) is 11.7. The number of fused-ring (bicyclic) bond motifs is 1. The van der Waals surface area contributed by atoms with Crippen molar-refractivity contribution in [1.29, 1.82) is 0 Å². The van der Waals surface area contributed by atoms with Crippen LogP contribution in [-0.2, 0) is 19.4 Å². The number of rotatable bonds is 8. The summed E-state index contributed by atoms with van der Waals surface area (Å²) in [5.41, 5.74) is 1.19. The van der Waals surface area contributed by atoms with Crippen LogP contribution in [0.1, 0.15) is 17.0 Å². The molecule has 1 aliphatic heterocycles. The molecule has 5 rings (SSSR count). The van der Waals surface area contributed by atoms with Gasteiger partial charge in [0.15, 0.2) is 5.75 Å². The first-order chi connectivity index (χ1) is 21.2.